The standard InChI is InChI=1S/C18H26N2O4.ClH/c1-23-16(21)6-5-13-24-15-9-7-14(8-10-15)20-17(22)18(19)11-3-2-4-12-18;/h7-10H,2-6,11-13,19H2,1H3,(H,20,22);1H. The van der Waals surface area contributed by atoms with Crippen LogP contribution in [-0.4, -0.2) is 31.1 Å². The Hall–Kier alpha value is -1.79. The molecule has 1 aliphatic rings. The monoisotopic (exact) mass is 370 g/mol. The molecule has 0 aromatic heterocycles. The van der Waals surface area contributed by atoms with Crippen LogP contribution >= 0.6 is 12.4 Å². The van der Waals surface area contributed by atoms with Gasteiger partial charge in [0.2, 0.25) is 5.91 Å². The van der Waals surface area contributed by atoms with Gasteiger partial charge in [-0.25, -0.2) is 0 Å². The molecule has 0 aliphatic heterocycles. The summed E-state index contributed by atoms with van der Waals surface area (Å²) in [6.45, 7) is 0.437. The van der Waals surface area contributed by atoms with E-state index in [9.17, 15) is 9.59 Å². The van der Waals surface area contributed by atoms with Crippen LogP contribution in [-0.2, 0) is 14.3 Å². The molecule has 0 spiro atoms. The Kier molecular flexibility index (Phi) is 8.72. The first kappa shape index (κ1) is 21.3. The van der Waals surface area contributed by atoms with E-state index >= 15 is 0 Å². The van der Waals surface area contributed by atoms with Crippen molar-refractivity contribution in [3.8, 4) is 5.75 Å². The van der Waals surface area contributed by atoms with E-state index < -0.39 is 5.54 Å². The van der Waals surface area contributed by atoms with Gasteiger partial charge < -0.3 is 20.5 Å². The van der Waals surface area contributed by atoms with Crippen molar-refractivity contribution >= 4 is 30.0 Å². The number of nitrogens with one attached hydrogen (secondary N) is 1. The third kappa shape index (κ3) is 6.55. The number of benzene rings is 1. The third-order valence-corrected chi connectivity index (χ3v) is 4.33. The molecular weight excluding hydrogens is 344 g/mol. The Morgan fingerprint density at radius 2 is 1.80 bits per heavy atom. The maximum atomic E-state index is 12.4. The normalized spacial score (nSPS) is 15.6. The number of carbonyl (C=O) groups is 2. The molecule has 1 aliphatic carbocycles. The summed E-state index contributed by atoms with van der Waals surface area (Å²) in [7, 11) is 1.37. The SMILES string of the molecule is COC(=O)CCCOc1ccc(NC(=O)C2(N)CCCCC2)cc1.Cl. The molecule has 0 saturated heterocycles. The van der Waals surface area contributed by atoms with Crippen molar-refractivity contribution < 1.29 is 19.1 Å². The van der Waals surface area contributed by atoms with Crippen molar-refractivity contribution in [2.24, 2.45) is 5.73 Å². The van der Waals surface area contributed by atoms with Gasteiger partial charge in [-0.15, -0.1) is 12.4 Å². The number of halogens is 1. The van der Waals surface area contributed by atoms with Gasteiger partial charge >= 0.3 is 5.97 Å². The molecule has 3 N–H and O–H groups in total. The van der Waals surface area contributed by atoms with E-state index in [1.165, 1.54) is 7.11 Å². The molecule has 1 amide bonds. The Balaban J connectivity index is 0.00000312. The number of hydrogen-bond donors (Lipinski definition) is 2. The first-order valence-corrected chi connectivity index (χ1v) is 8.43. The van der Waals surface area contributed by atoms with E-state index in [1.807, 2.05) is 0 Å². The number of anilines is 1. The zero-order chi connectivity index (χ0) is 17.4. The second-order valence-corrected chi connectivity index (χ2v) is 6.22. The highest BCUT2D eigenvalue weighted by molar-refractivity contribution is 5.98. The average Bonchev–Trinajstić information content (AvgIpc) is 2.60. The van der Waals surface area contributed by atoms with Crippen LogP contribution in [0.15, 0.2) is 24.3 Å². The summed E-state index contributed by atoms with van der Waals surface area (Å²) in [6.07, 6.45) is 5.56. The average molecular weight is 371 g/mol. The van der Waals surface area contributed by atoms with E-state index in [0.717, 1.165) is 32.1 Å². The molecule has 2 rings (SSSR count). The second-order valence-electron chi connectivity index (χ2n) is 6.22. The van der Waals surface area contributed by atoms with Gasteiger partial charge in [0.25, 0.3) is 0 Å². The Morgan fingerprint density at radius 1 is 1.16 bits per heavy atom. The number of carbonyl (C=O) groups excluding carboxylic acids is 2. The number of esters is 1. The van der Waals surface area contributed by atoms with Crippen LogP contribution < -0.4 is 15.8 Å². The van der Waals surface area contributed by atoms with E-state index in [1.54, 1.807) is 24.3 Å². The van der Waals surface area contributed by atoms with Crippen molar-refractivity contribution in [1.29, 1.82) is 0 Å². The first-order valence-electron chi connectivity index (χ1n) is 8.43. The molecule has 0 heterocycles. The van der Waals surface area contributed by atoms with Crippen molar-refractivity contribution in [2.45, 2.75) is 50.5 Å². The maximum absolute atomic E-state index is 12.4. The summed E-state index contributed by atoms with van der Waals surface area (Å²) in [5.41, 5.74) is 6.18. The topological polar surface area (TPSA) is 90.6 Å². The van der Waals surface area contributed by atoms with Gasteiger partial charge in [-0.3, -0.25) is 9.59 Å². The molecule has 140 valence electrons. The van der Waals surface area contributed by atoms with E-state index in [4.69, 9.17) is 10.5 Å². The summed E-state index contributed by atoms with van der Waals surface area (Å²) >= 11 is 0. The number of amides is 1. The summed E-state index contributed by atoms with van der Waals surface area (Å²) < 4.78 is 10.1. The lowest BCUT2D eigenvalue weighted by atomic mass is 9.82. The maximum Gasteiger partial charge on any atom is 0.305 e. The number of methoxy groups -OCH3 is 1. The number of nitrogens with two attached hydrogens (primary N) is 1. The zero-order valence-corrected chi connectivity index (χ0v) is 15.4. The quantitative estimate of drug-likeness (QED) is 0.568. The fourth-order valence-electron chi connectivity index (χ4n) is 2.81. The Morgan fingerprint density at radius 3 is 2.40 bits per heavy atom. The minimum absolute atomic E-state index is 0. The molecule has 1 fully saturated rings. The molecule has 25 heavy (non-hydrogen) atoms. The molecule has 7 heteroatoms. The van der Waals surface area contributed by atoms with Gasteiger partial charge in [-0.05, 0) is 43.5 Å². The lowest BCUT2D eigenvalue weighted by Crippen LogP contribution is -2.52. The smallest absolute Gasteiger partial charge is 0.305 e. The van der Waals surface area contributed by atoms with Crippen LogP contribution in [0.3, 0.4) is 0 Å². The van der Waals surface area contributed by atoms with Crippen molar-refractivity contribution in [1.82, 2.24) is 0 Å². The zero-order valence-electron chi connectivity index (χ0n) is 14.6. The molecule has 0 radical (unpaired) electrons. The molecule has 0 unspecified atom stereocenters. The largest absolute Gasteiger partial charge is 0.494 e. The van der Waals surface area contributed by atoms with Gasteiger partial charge in [-0.2, -0.15) is 0 Å². The van der Waals surface area contributed by atoms with E-state index in [0.29, 0.717) is 30.9 Å². The number of rotatable bonds is 7. The van der Waals surface area contributed by atoms with Crippen LogP contribution in [0.4, 0.5) is 5.69 Å². The van der Waals surface area contributed by atoms with Crippen LogP contribution in [0.2, 0.25) is 0 Å². The fraction of sp³-hybridized carbons (Fsp3) is 0.556. The summed E-state index contributed by atoms with van der Waals surface area (Å²) in [4.78, 5) is 23.4. The molecule has 1 aromatic rings. The summed E-state index contributed by atoms with van der Waals surface area (Å²) in [5.74, 6) is 0.335. The van der Waals surface area contributed by atoms with Gasteiger partial charge in [0.1, 0.15) is 5.75 Å². The molecule has 0 atom stereocenters. The van der Waals surface area contributed by atoms with Crippen LogP contribution in [0.1, 0.15) is 44.9 Å². The van der Waals surface area contributed by atoms with Crippen LogP contribution in [0.25, 0.3) is 0 Å². The van der Waals surface area contributed by atoms with Gasteiger partial charge in [0.05, 0.1) is 19.3 Å². The van der Waals surface area contributed by atoms with Crippen LogP contribution in [0.5, 0.6) is 5.75 Å². The minimum Gasteiger partial charge on any atom is -0.494 e. The lowest BCUT2D eigenvalue weighted by molar-refractivity contribution is -0.140. The lowest BCUT2D eigenvalue weighted by Gasteiger charge is -2.31. The highest BCUT2D eigenvalue weighted by atomic mass is 35.5. The molecule has 6 nitrogen and oxygen atoms in total. The van der Waals surface area contributed by atoms with E-state index in [-0.39, 0.29) is 24.3 Å². The highest BCUT2D eigenvalue weighted by Crippen LogP contribution is 2.27. The van der Waals surface area contributed by atoms with Crippen molar-refractivity contribution in [3.63, 3.8) is 0 Å². The molecule has 0 bridgehead atoms. The second kappa shape index (κ2) is 10.3. The fourth-order valence-corrected chi connectivity index (χ4v) is 2.81. The summed E-state index contributed by atoms with van der Waals surface area (Å²) in [5, 5.41) is 2.89. The van der Waals surface area contributed by atoms with Gasteiger partial charge in [0, 0.05) is 12.1 Å². The van der Waals surface area contributed by atoms with Gasteiger partial charge in [0.15, 0.2) is 0 Å². The molecular formula is C18H27ClN2O4. The van der Waals surface area contributed by atoms with Crippen LogP contribution in [0, 0.1) is 0 Å². The number of ether oxygens (including phenoxy) is 2. The predicted octanol–water partition coefficient (Wildman–Crippen LogP) is 3.04. The Labute approximate surface area is 154 Å². The predicted molar refractivity (Wildman–Crippen MR) is 99.1 cm³/mol. The third-order valence-electron chi connectivity index (χ3n) is 4.33. The first-order chi connectivity index (χ1) is 11.5. The highest BCUT2D eigenvalue weighted by Gasteiger charge is 2.35. The van der Waals surface area contributed by atoms with Crippen molar-refractivity contribution in [2.75, 3.05) is 19.0 Å². The van der Waals surface area contributed by atoms with Crippen molar-refractivity contribution in [3.05, 3.63) is 24.3 Å². The summed E-state index contributed by atoms with van der Waals surface area (Å²) in [6, 6.07) is 7.16. The Bertz CT molecular complexity index is 557. The van der Waals surface area contributed by atoms with E-state index in [2.05, 4.69) is 10.1 Å². The molecule has 1 aromatic carbocycles. The molecule has 1 saturated carbocycles. The van der Waals surface area contributed by atoms with Gasteiger partial charge in [-0.1, -0.05) is 19.3 Å². The minimum atomic E-state index is -0.749. The number of hydrogen-bond acceptors (Lipinski definition) is 5.